The van der Waals surface area contributed by atoms with Crippen LogP contribution in [-0.4, -0.2) is 36.1 Å². The van der Waals surface area contributed by atoms with Crippen molar-refractivity contribution in [1.29, 1.82) is 0 Å². The van der Waals surface area contributed by atoms with E-state index in [0.29, 0.717) is 11.4 Å². The second-order valence-corrected chi connectivity index (χ2v) is 9.64. The van der Waals surface area contributed by atoms with Gasteiger partial charge in [0.1, 0.15) is 17.1 Å². The highest BCUT2D eigenvalue weighted by atomic mass is 32.1. The van der Waals surface area contributed by atoms with E-state index in [4.69, 9.17) is 17.0 Å². The van der Waals surface area contributed by atoms with Crippen LogP contribution in [-0.2, 0) is 9.59 Å². The molecular weight excluding hydrogens is 453 g/mol. The van der Waals surface area contributed by atoms with Gasteiger partial charge >= 0.3 is 0 Å². The lowest BCUT2D eigenvalue weighted by Crippen LogP contribution is -2.54. The monoisotopic (exact) mass is 481 g/mol. The largest absolute Gasteiger partial charge is 0.497 e. The Bertz CT molecular complexity index is 1210. The zero-order valence-electron chi connectivity index (χ0n) is 19.9. The van der Waals surface area contributed by atoms with E-state index in [1.165, 1.54) is 17.0 Å². The molecular formula is C26H28FN3O3S. The molecule has 1 atom stereocenters. The lowest BCUT2D eigenvalue weighted by Gasteiger charge is -2.47. The zero-order valence-corrected chi connectivity index (χ0v) is 20.8. The summed E-state index contributed by atoms with van der Waals surface area (Å²) in [6.07, 6.45) is 2.22. The molecule has 0 radical (unpaired) electrons. The normalized spacial score (nSPS) is 20.9. The lowest BCUT2D eigenvalue weighted by molar-refractivity contribution is -0.122. The number of methoxy groups -OCH3 is 1. The van der Waals surface area contributed by atoms with Gasteiger partial charge in [0.25, 0.3) is 11.8 Å². The minimum absolute atomic E-state index is 0.0299. The fraction of sp³-hybridized carbons (Fsp3) is 0.346. The first-order valence-corrected chi connectivity index (χ1v) is 11.6. The number of amides is 2. The van der Waals surface area contributed by atoms with Crippen LogP contribution in [0.2, 0.25) is 0 Å². The minimum Gasteiger partial charge on any atom is -0.497 e. The van der Waals surface area contributed by atoms with Crippen LogP contribution in [0.5, 0.6) is 5.75 Å². The lowest BCUT2D eigenvalue weighted by atomic mass is 9.79. The molecule has 2 heterocycles. The molecule has 1 fully saturated rings. The molecule has 0 saturated carbocycles. The van der Waals surface area contributed by atoms with Gasteiger partial charge in [0, 0.05) is 23.3 Å². The van der Waals surface area contributed by atoms with Gasteiger partial charge in [-0.15, -0.1) is 0 Å². The van der Waals surface area contributed by atoms with Gasteiger partial charge in [0.2, 0.25) is 0 Å². The number of thiocarbonyl (C=S) groups is 1. The summed E-state index contributed by atoms with van der Waals surface area (Å²) in [5.41, 5.74) is 2.25. The number of hydrogen-bond acceptors (Lipinski definition) is 5. The average Bonchev–Trinajstić information content (AvgIpc) is 2.77. The fourth-order valence-electron chi connectivity index (χ4n) is 5.01. The molecule has 2 amide bonds. The van der Waals surface area contributed by atoms with Crippen molar-refractivity contribution in [2.75, 3.05) is 23.5 Å². The van der Waals surface area contributed by atoms with E-state index in [-0.39, 0.29) is 27.7 Å². The van der Waals surface area contributed by atoms with Crippen LogP contribution >= 0.6 is 12.2 Å². The number of anilines is 2. The molecule has 8 heteroatoms. The van der Waals surface area contributed by atoms with E-state index in [2.05, 4.69) is 37.9 Å². The maximum atomic E-state index is 15.3. The van der Waals surface area contributed by atoms with Crippen molar-refractivity contribution in [2.24, 2.45) is 0 Å². The first-order chi connectivity index (χ1) is 16.1. The van der Waals surface area contributed by atoms with E-state index in [1.54, 1.807) is 37.4 Å². The van der Waals surface area contributed by atoms with Gasteiger partial charge in [-0.3, -0.25) is 19.8 Å². The molecule has 0 aliphatic carbocycles. The number of nitrogens with zero attached hydrogens (tertiary/aromatic N) is 2. The van der Waals surface area contributed by atoms with Crippen molar-refractivity contribution < 1.29 is 18.7 Å². The summed E-state index contributed by atoms with van der Waals surface area (Å²) in [7, 11) is 1.54. The molecule has 2 aliphatic heterocycles. The van der Waals surface area contributed by atoms with Crippen molar-refractivity contribution in [1.82, 2.24) is 5.32 Å². The highest BCUT2D eigenvalue weighted by Crippen LogP contribution is 2.44. The third kappa shape index (κ3) is 4.07. The van der Waals surface area contributed by atoms with Gasteiger partial charge in [0.05, 0.1) is 12.8 Å². The van der Waals surface area contributed by atoms with E-state index in [1.807, 2.05) is 0 Å². The summed E-state index contributed by atoms with van der Waals surface area (Å²) in [6, 6.07) is 9.99. The van der Waals surface area contributed by atoms with Crippen molar-refractivity contribution in [2.45, 2.75) is 45.6 Å². The number of carbonyl (C=O) groups is 2. The number of rotatable bonds is 4. The Hall–Kier alpha value is -3.26. The molecule has 2 aliphatic rings. The zero-order chi connectivity index (χ0) is 24.8. The Morgan fingerprint density at radius 2 is 1.91 bits per heavy atom. The van der Waals surface area contributed by atoms with Crippen molar-refractivity contribution >= 4 is 46.6 Å². The minimum atomic E-state index is -0.652. The molecule has 0 aromatic heterocycles. The highest BCUT2D eigenvalue weighted by molar-refractivity contribution is 7.80. The van der Waals surface area contributed by atoms with E-state index in [0.717, 1.165) is 24.2 Å². The second-order valence-electron chi connectivity index (χ2n) is 9.25. The summed E-state index contributed by atoms with van der Waals surface area (Å²) >= 11 is 5.25. The van der Waals surface area contributed by atoms with Gasteiger partial charge in [-0.25, -0.2) is 4.39 Å². The van der Waals surface area contributed by atoms with Gasteiger partial charge in [-0.2, -0.15) is 0 Å². The van der Waals surface area contributed by atoms with Crippen LogP contribution < -0.4 is 19.9 Å². The Labute approximate surface area is 204 Å². The van der Waals surface area contributed by atoms with Gasteiger partial charge in [-0.05, 0) is 93.4 Å². The van der Waals surface area contributed by atoms with Crippen molar-refractivity contribution in [3.05, 3.63) is 58.9 Å². The molecule has 1 saturated heterocycles. The molecule has 0 spiro atoms. The number of nitrogens with one attached hydrogen (secondary N) is 1. The van der Waals surface area contributed by atoms with Crippen molar-refractivity contribution in [3.8, 4) is 5.75 Å². The topological polar surface area (TPSA) is 61.9 Å². The first kappa shape index (κ1) is 23.9. The molecule has 1 N–H and O–H groups in total. The maximum absolute atomic E-state index is 15.3. The SMILES string of the molecule is CCN1c2cc(F)c(/C=C3/C(=O)NC(=S)N(c4ccc(OC)cc4)C3=O)cc2C(C)CC1(C)C. The predicted molar refractivity (Wildman–Crippen MR) is 136 cm³/mol. The van der Waals surface area contributed by atoms with Crippen LogP contribution in [0.1, 0.15) is 51.2 Å². The third-order valence-electron chi connectivity index (χ3n) is 6.55. The highest BCUT2D eigenvalue weighted by Gasteiger charge is 2.37. The van der Waals surface area contributed by atoms with Gasteiger partial charge in [0.15, 0.2) is 5.11 Å². The standard InChI is InChI=1S/C26H28FN3O3S/c1-6-29-22-13-21(27)16(11-19(22)15(2)14-26(29,3)4)12-20-23(31)28-25(34)30(24(20)32)17-7-9-18(33-5)10-8-17/h7-13,15H,6,14H2,1-5H3,(H,28,31,34)/b20-12-. The van der Waals surface area contributed by atoms with Crippen LogP contribution in [0.15, 0.2) is 42.0 Å². The van der Waals surface area contributed by atoms with Crippen LogP contribution in [0, 0.1) is 5.82 Å². The fourth-order valence-corrected chi connectivity index (χ4v) is 5.29. The molecule has 2 aromatic rings. The molecule has 2 aromatic carbocycles. The average molecular weight is 482 g/mol. The molecule has 0 bridgehead atoms. The molecule has 4 rings (SSSR count). The van der Waals surface area contributed by atoms with E-state index >= 15 is 4.39 Å². The van der Waals surface area contributed by atoms with Crippen LogP contribution in [0.3, 0.4) is 0 Å². The number of carbonyl (C=O) groups excluding carboxylic acids is 2. The third-order valence-corrected chi connectivity index (χ3v) is 6.84. The summed E-state index contributed by atoms with van der Waals surface area (Å²) in [4.78, 5) is 29.4. The predicted octanol–water partition coefficient (Wildman–Crippen LogP) is 4.78. The number of hydrogen-bond donors (Lipinski definition) is 1. The number of ether oxygens (including phenoxy) is 1. The smallest absolute Gasteiger partial charge is 0.270 e. The number of benzene rings is 2. The molecule has 1 unspecified atom stereocenters. The summed E-state index contributed by atoms with van der Waals surface area (Å²) in [5.74, 6) is -0.931. The van der Waals surface area contributed by atoms with Crippen LogP contribution in [0.25, 0.3) is 6.08 Å². The van der Waals surface area contributed by atoms with E-state index < -0.39 is 17.6 Å². The Balaban J connectivity index is 1.75. The number of fused-ring (bicyclic) bond motifs is 1. The first-order valence-electron chi connectivity index (χ1n) is 11.2. The maximum Gasteiger partial charge on any atom is 0.270 e. The van der Waals surface area contributed by atoms with E-state index in [9.17, 15) is 9.59 Å². The summed E-state index contributed by atoms with van der Waals surface area (Å²) in [6.45, 7) is 9.24. The molecule has 34 heavy (non-hydrogen) atoms. The van der Waals surface area contributed by atoms with Crippen molar-refractivity contribution in [3.63, 3.8) is 0 Å². The Morgan fingerprint density at radius 1 is 1.24 bits per heavy atom. The van der Waals surface area contributed by atoms with Gasteiger partial charge < -0.3 is 9.64 Å². The summed E-state index contributed by atoms with van der Waals surface area (Å²) in [5, 5.41) is 2.51. The Kier molecular flexibility index (Phi) is 6.20. The molecule has 178 valence electrons. The van der Waals surface area contributed by atoms with Crippen LogP contribution in [0.4, 0.5) is 15.8 Å². The van der Waals surface area contributed by atoms with Gasteiger partial charge in [-0.1, -0.05) is 6.92 Å². The summed E-state index contributed by atoms with van der Waals surface area (Å²) < 4.78 is 20.4. The second kappa shape index (κ2) is 8.83. The Morgan fingerprint density at radius 3 is 2.53 bits per heavy atom. The molecule has 6 nitrogen and oxygen atoms in total. The quantitative estimate of drug-likeness (QED) is 0.387. The number of halogens is 1.